The Hall–Kier alpha value is -1.26. The second kappa shape index (κ2) is 9.28. The van der Waals surface area contributed by atoms with Gasteiger partial charge in [-0.15, -0.1) is 0 Å². The molecule has 0 saturated heterocycles. The number of methoxy groups -OCH3 is 1. The molecule has 134 valence electrons. The molecule has 0 unspecified atom stereocenters. The van der Waals surface area contributed by atoms with Crippen molar-refractivity contribution >= 4 is 6.29 Å². The summed E-state index contributed by atoms with van der Waals surface area (Å²) in [5.41, 5.74) is 3.77. The van der Waals surface area contributed by atoms with E-state index in [-0.39, 0.29) is 0 Å². The van der Waals surface area contributed by atoms with E-state index in [1.807, 2.05) is 13.0 Å². The van der Waals surface area contributed by atoms with E-state index in [2.05, 4.69) is 21.5 Å². The molecule has 2 aliphatic rings. The number of carbonyl (C=O) groups excluding carboxylic acids is 1. The summed E-state index contributed by atoms with van der Waals surface area (Å²) >= 11 is 0. The molecular weight excluding hydrogens is 300 g/mol. The molecule has 0 radical (unpaired) electrons. The molecule has 4 nitrogen and oxygen atoms in total. The van der Waals surface area contributed by atoms with Gasteiger partial charge >= 0.3 is 0 Å². The normalized spacial score (nSPS) is 18.8. The number of ether oxygens (including phenoxy) is 1. The summed E-state index contributed by atoms with van der Waals surface area (Å²) in [7, 11) is 1.68. The predicted molar refractivity (Wildman–Crippen MR) is 97.3 cm³/mol. The van der Waals surface area contributed by atoms with Gasteiger partial charge in [-0.1, -0.05) is 13.3 Å². The van der Waals surface area contributed by atoms with Gasteiger partial charge in [0.1, 0.15) is 0 Å². The minimum absolute atomic E-state index is 0.644. The number of hydrogen-bond donors (Lipinski definition) is 0. The van der Waals surface area contributed by atoms with Gasteiger partial charge in [-0.3, -0.25) is 14.7 Å². The van der Waals surface area contributed by atoms with Crippen LogP contribution in [0.5, 0.6) is 0 Å². The summed E-state index contributed by atoms with van der Waals surface area (Å²) in [4.78, 5) is 17.7. The highest BCUT2D eigenvalue weighted by Crippen LogP contribution is 2.44. The molecule has 0 spiro atoms. The van der Waals surface area contributed by atoms with Crippen molar-refractivity contribution in [3.8, 4) is 0 Å². The van der Waals surface area contributed by atoms with Crippen molar-refractivity contribution in [2.24, 2.45) is 5.41 Å². The topological polar surface area (TPSA) is 42.4 Å². The summed E-state index contributed by atoms with van der Waals surface area (Å²) in [6, 6.07) is 2.00. The Morgan fingerprint density at radius 3 is 2.75 bits per heavy atom. The molecule has 1 aliphatic carbocycles. The van der Waals surface area contributed by atoms with Crippen molar-refractivity contribution < 1.29 is 9.53 Å². The largest absolute Gasteiger partial charge is 0.385 e. The van der Waals surface area contributed by atoms with Crippen LogP contribution in [0.25, 0.3) is 0 Å². The Kier molecular flexibility index (Phi) is 7.38. The SMILES string of the molecule is CC1(CCCN2CCc3cc(C=O)cnc3C2)CCC1.CCOC. The van der Waals surface area contributed by atoms with Gasteiger partial charge in [-0.2, -0.15) is 0 Å². The van der Waals surface area contributed by atoms with Gasteiger partial charge in [0.15, 0.2) is 6.29 Å². The summed E-state index contributed by atoms with van der Waals surface area (Å²) in [6.07, 6.45) is 10.6. The average Bonchev–Trinajstić information content (AvgIpc) is 2.60. The lowest BCUT2D eigenvalue weighted by Crippen LogP contribution is -2.33. The number of hydrogen-bond acceptors (Lipinski definition) is 4. The van der Waals surface area contributed by atoms with Crippen molar-refractivity contribution in [2.45, 2.75) is 58.9 Å². The standard InChI is InChI=1S/C17H24N2O.C3H8O/c1-17(5-2-6-17)7-3-8-19-9-4-15-10-14(13-20)11-18-16(15)12-19;1-3-4-2/h10-11,13H,2-9,12H2,1H3;3H2,1-2H3. The fourth-order valence-corrected chi connectivity index (χ4v) is 3.50. The van der Waals surface area contributed by atoms with Gasteiger partial charge in [0.05, 0.1) is 5.69 Å². The number of nitrogens with zero attached hydrogens (tertiary/aromatic N) is 2. The molecule has 1 aliphatic heterocycles. The third-order valence-corrected chi connectivity index (χ3v) is 5.39. The van der Waals surface area contributed by atoms with E-state index in [1.165, 1.54) is 44.2 Å². The first-order valence-electron chi connectivity index (χ1n) is 9.24. The van der Waals surface area contributed by atoms with Crippen LogP contribution in [-0.2, 0) is 17.7 Å². The Balaban J connectivity index is 0.000000471. The zero-order chi connectivity index (χ0) is 17.4. The van der Waals surface area contributed by atoms with Crippen LogP contribution in [0.15, 0.2) is 12.3 Å². The van der Waals surface area contributed by atoms with Crippen molar-refractivity contribution in [1.82, 2.24) is 9.88 Å². The third kappa shape index (κ3) is 5.38. The molecule has 0 atom stereocenters. The van der Waals surface area contributed by atoms with E-state index < -0.39 is 0 Å². The minimum Gasteiger partial charge on any atom is -0.385 e. The van der Waals surface area contributed by atoms with E-state index in [0.29, 0.717) is 11.0 Å². The molecule has 24 heavy (non-hydrogen) atoms. The molecule has 2 heterocycles. The van der Waals surface area contributed by atoms with Crippen LogP contribution >= 0.6 is 0 Å². The molecule has 1 aromatic heterocycles. The molecule has 0 bridgehead atoms. The van der Waals surface area contributed by atoms with E-state index >= 15 is 0 Å². The van der Waals surface area contributed by atoms with Crippen molar-refractivity contribution in [2.75, 3.05) is 26.8 Å². The van der Waals surface area contributed by atoms with Crippen LogP contribution in [0.4, 0.5) is 0 Å². The van der Waals surface area contributed by atoms with Crippen LogP contribution in [0.2, 0.25) is 0 Å². The maximum Gasteiger partial charge on any atom is 0.151 e. The average molecular weight is 332 g/mol. The molecule has 1 aromatic rings. The maximum absolute atomic E-state index is 10.8. The number of fused-ring (bicyclic) bond motifs is 1. The van der Waals surface area contributed by atoms with Crippen molar-refractivity contribution in [3.63, 3.8) is 0 Å². The Labute approximate surface area is 146 Å². The highest BCUT2D eigenvalue weighted by atomic mass is 16.5. The number of rotatable bonds is 6. The summed E-state index contributed by atoms with van der Waals surface area (Å²) in [6.45, 7) is 8.45. The summed E-state index contributed by atoms with van der Waals surface area (Å²) < 4.78 is 4.54. The molecule has 1 saturated carbocycles. The van der Waals surface area contributed by atoms with E-state index in [1.54, 1.807) is 13.3 Å². The zero-order valence-corrected chi connectivity index (χ0v) is 15.5. The van der Waals surface area contributed by atoms with Gasteiger partial charge in [-0.25, -0.2) is 0 Å². The quantitative estimate of drug-likeness (QED) is 0.742. The van der Waals surface area contributed by atoms with Crippen molar-refractivity contribution in [3.05, 3.63) is 29.1 Å². The number of aldehydes is 1. The third-order valence-electron chi connectivity index (χ3n) is 5.39. The van der Waals surface area contributed by atoms with Crippen molar-refractivity contribution in [1.29, 1.82) is 0 Å². The fourth-order valence-electron chi connectivity index (χ4n) is 3.50. The Bertz CT molecular complexity index is 524. The maximum atomic E-state index is 10.8. The van der Waals surface area contributed by atoms with Gasteiger partial charge in [0, 0.05) is 38.6 Å². The highest BCUT2D eigenvalue weighted by molar-refractivity contribution is 5.74. The van der Waals surface area contributed by atoms with Crippen LogP contribution in [-0.4, -0.2) is 43.0 Å². The molecule has 3 rings (SSSR count). The highest BCUT2D eigenvalue weighted by Gasteiger charge is 2.31. The molecule has 0 amide bonds. The van der Waals surface area contributed by atoms with Gasteiger partial charge in [0.25, 0.3) is 0 Å². The second-order valence-electron chi connectivity index (χ2n) is 7.36. The Morgan fingerprint density at radius 1 is 1.42 bits per heavy atom. The molecule has 1 fully saturated rings. The second-order valence-corrected chi connectivity index (χ2v) is 7.36. The first-order valence-corrected chi connectivity index (χ1v) is 9.24. The van der Waals surface area contributed by atoms with E-state index in [0.717, 1.165) is 38.1 Å². The lowest BCUT2D eigenvalue weighted by molar-refractivity contribution is 0.112. The van der Waals surface area contributed by atoms with Gasteiger partial charge < -0.3 is 4.74 Å². The number of aromatic nitrogens is 1. The Morgan fingerprint density at radius 2 is 2.17 bits per heavy atom. The zero-order valence-electron chi connectivity index (χ0n) is 15.5. The number of pyridine rings is 1. The molecular formula is C20H32N2O2. The predicted octanol–water partition coefficient (Wildman–Crippen LogP) is 3.88. The molecule has 4 heteroatoms. The van der Waals surface area contributed by atoms with Gasteiger partial charge in [0.2, 0.25) is 0 Å². The summed E-state index contributed by atoms with van der Waals surface area (Å²) in [5, 5.41) is 0. The monoisotopic (exact) mass is 332 g/mol. The van der Waals surface area contributed by atoms with Crippen LogP contribution in [0.1, 0.15) is 67.6 Å². The first kappa shape index (κ1) is 19.1. The lowest BCUT2D eigenvalue weighted by atomic mass is 9.68. The van der Waals surface area contributed by atoms with Crippen LogP contribution < -0.4 is 0 Å². The first-order chi connectivity index (χ1) is 11.6. The van der Waals surface area contributed by atoms with E-state index in [9.17, 15) is 4.79 Å². The van der Waals surface area contributed by atoms with E-state index in [4.69, 9.17) is 0 Å². The van der Waals surface area contributed by atoms with Crippen LogP contribution in [0.3, 0.4) is 0 Å². The molecule has 0 N–H and O–H groups in total. The smallest absolute Gasteiger partial charge is 0.151 e. The minimum atomic E-state index is 0.644. The summed E-state index contributed by atoms with van der Waals surface area (Å²) in [5.74, 6) is 0. The number of carbonyl (C=O) groups is 1. The van der Waals surface area contributed by atoms with Crippen LogP contribution in [0, 0.1) is 5.41 Å². The fraction of sp³-hybridized carbons (Fsp3) is 0.700. The van der Waals surface area contributed by atoms with Gasteiger partial charge in [-0.05, 0) is 62.6 Å². The molecule has 0 aromatic carbocycles. The lowest BCUT2D eigenvalue weighted by Gasteiger charge is -2.39.